The maximum absolute atomic E-state index is 13.7. The number of nitriles is 1. The topological polar surface area (TPSA) is 105 Å². The number of urea groups is 1. The van der Waals surface area contributed by atoms with Crippen LogP contribution in [0.25, 0.3) is 0 Å². The molecule has 8 heteroatoms. The second kappa shape index (κ2) is 9.92. The molecule has 1 unspecified atom stereocenters. The van der Waals surface area contributed by atoms with E-state index >= 15 is 0 Å². The number of aromatic hydroxyl groups is 1. The quantitative estimate of drug-likeness (QED) is 0.503. The van der Waals surface area contributed by atoms with E-state index in [9.17, 15) is 19.1 Å². The van der Waals surface area contributed by atoms with Crippen molar-refractivity contribution in [3.8, 4) is 11.9 Å². The van der Waals surface area contributed by atoms with E-state index in [-0.39, 0.29) is 25.3 Å². The van der Waals surface area contributed by atoms with Gasteiger partial charge in [-0.25, -0.2) is 14.1 Å². The number of halogens is 1. The van der Waals surface area contributed by atoms with E-state index in [4.69, 9.17) is 5.26 Å². The molecule has 2 aromatic carbocycles. The van der Waals surface area contributed by atoms with Crippen LogP contribution in [0.4, 0.5) is 9.18 Å². The van der Waals surface area contributed by atoms with Crippen LogP contribution in [-0.2, 0) is 17.8 Å². The number of phenolic OH excluding ortho intramolecular Hbond substituents is 1. The lowest BCUT2D eigenvalue weighted by Crippen LogP contribution is -2.51. The number of carbonyl (C=O) groups is 2. The molecule has 0 saturated carbocycles. The van der Waals surface area contributed by atoms with Gasteiger partial charge in [-0.05, 0) is 30.7 Å². The zero-order valence-corrected chi connectivity index (χ0v) is 15.4. The number of likely N-dealkylation sites (N-methyl/N-ethyl adjacent to an activating group) is 1. The Morgan fingerprint density at radius 3 is 2.50 bits per heavy atom. The monoisotopic (exact) mass is 384 g/mol. The maximum atomic E-state index is 13.7. The lowest BCUT2D eigenvalue weighted by Gasteiger charge is -2.22. The number of benzene rings is 2. The number of carbonyl (C=O) groups excluding carboxylic acids is 2. The smallest absolute Gasteiger partial charge is 0.315 e. The largest absolute Gasteiger partial charge is 0.508 e. The van der Waals surface area contributed by atoms with Crippen molar-refractivity contribution in [1.29, 1.82) is 5.26 Å². The highest BCUT2D eigenvalue weighted by atomic mass is 19.1. The number of nitrogens with one attached hydrogen (secondary N) is 2. The molecule has 3 N–H and O–H groups in total. The van der Waals surface area contributed by atoms with Crippen LogP contribution in [0.15, 0.2) is 48.5 Å². The molecule has 0 aliphatic heterocycles. The standard InChI is InChI=1S/C20H21FN4O3/c1-2-25(13-22)19(27)18(11-14-7-9-16(26)10-8-14)24-20(28)23-12-15-5-3-4-6-17(15)21/h3-10,18,26H,2,11-12H2,1H3,(H2,23,24,28). The number of hydrogen-bond acceptors (Lipinski definition) is 4. The Morgan fingerprint density at radius 1 is 1.21 bits per heavy atom. The molecule has 0 saturated heterocycles. The highest BCUT2D eigenvalue weighted by Gasteiger charge is 2.25. The van der Waals surface area contributed by atoms with Gasteiger partial charge < -0.3 is 15.7 Å². The number of hydrogen-bond donors (Lipinski definition) is 3. The first-order valence-corrected chi connectivity index (χ1v) is 8.71. The van der Waals surface area contributed by atoms with Gasteiger partial charge in [0.15, 0.2) is 6.19 Å². The van der Waals surface area contributed by atoms with Crippen LogP contribution in [0.2, 0.25) is 0 Å². The van der Waals surface area contributed by atoms with E-state index in [0.29, 0.717) is 11.1 Å². The van der Waals surface area contributed by atoms with E-state index in [1.165, 1.54) is 18.2 Å². The molecule has 0 heterocycles. The van der Waals surface area contributed by atoms with E-state index in [1.807, 2.05) is 0 Å². The molecule has 0 aliphatic rings. The highest BCUT2D eigenvalue weighted by molar-refractivity contribution is 5.88. The van der Waals surface area contributed by atoms with Crippen molar-refractivity contribution in [2.24, 2.45) is 0 Å². The lowest BCUT2D eigenvalue weighted by molar-refractivity contribution is -0.129. The van der Waals surface area contributed by atoms with Crippen molar-refractivity contribution >= 4 is 11.9 Å². The van der Waals surface area contributed by atoms with Gasteiger partial charge in [-0.1, -0.05) is 30.3 Å². The van der Waals surface area contributed by atoms with Crippen molar-refractivity contribution in [1.82, 2.24) is 15.5 Å². The van der Waals surface area contributed by atoms with Gasteiger partial charge in [-0.2, -0.15) is 5.26 Å². The van der Waals surface area contributed by atoms with Crippen LogP contribution in [0.1, 0.15) is 18.1 Å². The molecule has 0 spiro atoms. The fourth-order valence-electron chi connectivity index (χ4n) is 2.56. The summed E-state index contributed by atoms with van der Waals surface area (Å²) in [6.45, 7) is 1.77. The number of amides is 3. The van der Waals surface area contributed by atoms with Gasteiger partial charge in [0.2, 0.25) is 0 Å². The molecule has 0 radical (unpaired) electrons. The molecule has 28 heavy (non-hydrogen) atoms. The summed E-state index contributed by atoms with van der Waals surface area (Å²) < 4.78 is 13.7. The molecule has 2 rings (SSSR count). The third-order valence-corrected chi connectivity index (χ3v) is 4.08. The summed E-state index contributed by atoms with van der Waals surface area (Å²) in [5, 5.41) is 23.6. The maximum Gasteiger partial charge on any atom is 0.315 e. The molecule has 0 aromatic heterocycles. The summed E-state index contributed by atoms with van der Waals surface area (Å²) in [4.78, 5) is 25.8. The van der Waals surface area contributed by atoms with Gasteiger partial charge in [0, 0.05) is 25.1 Å². The van der Waals surface area contributed by atoms with Gasteiger partial charge in [0.25, 0.3) is 5.91 Å². The number of nitrogens with zero attached hydrogens (tertiary/aromatic N) is 2. The Labute approximate surface area is 162 Å². The Bertz CT molecular complexity index is 864. The number of phenols is 1. The van der Waals surface area contributed by atoms with Crippen molar-refractivity contribution in [2.45, 2.75) is 25.9 Å². The summed E-state index contributed by atoms with van der Waals surface area (Å²) >= 11 is 0. The first-order chi connectivity index (χ1) is 13.4. The third-order valence-electron chi connectivity index (χ3n) is 4.08. The Kier molecular flexibility index (Phi) is 7.34. The highest BCUT2D eigenvalue weighted by Crippen LogP contribution is 2.12. The fraction of sp³-hybridized carbons (Fsp3) is 0.250. The Balaban J connectivity index is 2.08. The zero-order valence-electron chi connectivity index (χ0n) is 15.4. The molecule has 0 bridgehead atoms. The predicted molar refractivity (Wildman–Crippen MR) is 100 cm³/mol. The van der Waals surface area contributed by atoms with E-state index in [1.54, 1.807) is 43.4 Å². The summed E-state index contributed by atoms with van der Waals surface area (Å²) in [5.41, 5.74) is 1.01. The average Bonchev–Trinajstić information content (AvgIpc) is 2.69. The second-order valence-corrected chi connectivity index (χ2v) is 6.02. The minimum atomic E-state index is -0.996. The lowest BCUT2D eigenvalue weighted by atomic mass is 10.0. The van der Waals surface area contributed by atoms with Gasteiger partial charge in [-0.15, -0.1) is 0 Å². The molecular formula is C20H21FN4O3. The zero-order chi connectivity index (χ0) is 20.5. The summed E-state index contributed by atoms with van der Waals surface area (Å²) in [5.74, 6) is -0.922. The molecule has 1 atom stereocenters. The van der Waals surface area contributed by atoms with Crippen molar-refractivity contribution in [3.05, 3.63) is 65.5 Å². The van der Waals surface area contributed by atoms with Gasteiger partial charge >= 0.3 is 6.03 Å². The van der Waals surface area contributed by atoms with Crippen LogP contribution in [0.5, 0.6) is 5.75 Å². The van der Waals surface area contributed by atoms with E-state index in [2.05, 4.69) is 10.6 Å². The number of rotatable bonds is 7. The van der Waals surface area contributed by atoms with Gasteiger partial charge in [-0.3, -0.25) is 4.79 Å². The molecule has 3 amide bonds. The molecule has 7 nitrogen and oxygen atoms in total. The summed E-state index contributed by atoms with van der Waals surface area (Å²) in [6, 6.07) is 10.6. The van der Waals surface area contributed by atoms with Crippen molar-refractivity contribution < 1.29 is 19.1 Å². The molecule has 2 aromatic rings. The van der Waals surface area contributed by atoms with Gasteiger partial charge in [0.05, 0.1) is 0 Å². The SMILES string of the molecule is CCN(C#N)C(=O)C(Cc1ccc(O)cc1)NC(=O)NCc1ccccc1F. The second-order valence-electron chi connectivity index (χ2n) is 6.02. The molecule has 0 aliphatic carbocycles. The molecule has 146 valence electrons. The average molecular weight is 384 g/mol. The summed E-state index contributed by atoms with van der Waals surface area (Å²) in [7, 11) is 0. The van der Waals surface area contributed by atoms with Crippen LogP contribution >= 0.6 is 0 Å². The molecule has 0 fully saturated rings. The van der Waals surface area contributed by atoms with Crippen LogP contribution in [-0.4, -0.2) is 34.5 Å². The first kappa shape index (κ1) is 20.7. The Morgan fingerprint density at radius 2 is 1.89 bits per heavy atom. The van der Waals surface area contributed by atoms with Crippen molar-refractivity contribution in [3.63, 3.8) is 0 Å². The van der Waals surface area contributed by atoms with Crippen LogP contribution in [0.3, 0.4) is 0 Å². The summed E-state index contributed by atoms with van der Waals surface area (Å²) in [6.07, 6.45) is 1.92. The Hall–Kier alpha value is -3.60. The minimum Gasteiger partial charge on any atom is -0.508 e. The molecular weight excluding hydrogens is 363 g/mol. The first-order valence-electron chi connectivity index (χ1n) is 8.71. The van der Waals surface area contributed by atoms with Crippen LogP contribution < -0.4 is 10.6 Å². The fourth-order valence-corrected chi connectivity index (χ4v) is 2.56. The van der Waals surface area contributed by atoms with Gasteiger partial charge in [0.1, 0.15) is 17.6 Å². The van der Waals surface area contributed by atoms with E-state index in [0.717, 1.165) is 4.90 Å². The van der Waals surface area contributed by atoms with Crippen LogP contribution in [0, 0.1) is 17.3 Å². The van der Waals surface area contributed by atoms with E-state index < -0.39 is 23.8 Å². The normalized spacial score (nSPS) is 11.2. The third kappa shape index (κ3) is 5.71. The minimum absolute atomic E-state index is 0.0473. The predicted octanol–water partition coefficient (Wildman–Crippen LogP) is 2.27. The van der Waals surface area contributed by atoms with Crippen molar-refractivity contribution in [2.75, 3.05) is 6.54 Å².